The normalized spacial score (nSPS) is 16.1. The van der Waals surface area contributed by atoms with Crippen LogP contribution in [0.25, 0.3) is 10.6 Å². The highest BCUT2D eigenvalue weighted by atomic mass is 32.1. The number of carbonyl (C=O) groups excluding carboxylic acids is 1. The van der Waals surface area contributed by atoms with Crippen molar-refractivity contribution in [3.05, 3.63) is 71.2 Å². The SMILES string of the molecule is CC(=O)c1ccc(OC[C@H](O)CN2CCN(Cc3csc(-c4ccccc4)n3)CC2)cc1. The molecule has 168 valence electrons. The Kier molecular flexibility index (Phi) is 7.65. The van der Waals surface area contributed by atoms with Gasteiger partial charge in [0.1, 0.15) is 23.5 Å². The molecule has 1 atom stereocenters. The minimum atomic E-state index is -0.555. The van der Waals surface area contributed by atoms with Crippen LogP contribution in [0.3, 0.4) is 0 Å². The molecule has 0 aliphatic carbocycles. The molecular weight excluding hydrogens is 422 g/mol. The van der Waals surface area contributed by atoms with Crippen molar-refractivity contribution < 1.29 is 14.6 Å². The highest BCUT2D eigenvalue weighted by Gasteiger charge is 2.20. The Labute approximate surface area is 193 Å². The molecule has 0 amide bonds. The molecule has 1 saturated heterocycles. The zero-order chi connectivity index (χ0) is 22.3. The van der Waals surface area contributed by atoms with E-state index < -0.39 is 6.10 Å². The molecule has 0 bridgehead atoms. The van der Waals surface area contributed by atoms with Crippen LogP contribution < -0.4 is 4.74 Å². The van der Waals surface area contributed by atoms with E-state index in [1.807, 2.05) is 18.2 Å². The zero-order valence-corrected chi connectivity index (χ0v) is 19.1. The van der Waals surface area contributed by atoms with E-state index in [0.29, 0.717) is 17.9 Å². The van der Waals surface area contributed by atoms with E-state index in [9.17, 15) is 9.90 Å². The number of thiazole rings is 1. The first-order valence-electron chi connectivity index (χ1n) is 10.9. The fraction of sp³-hybridized carbons (Fsp3) is 0.360. The van der Waals surface area contributed by atoms with E-state index in [0.717, 1.165) is 43.4 Å². The molecule has 32 heavy (non-hydrogen) atoms. The minimum Gasteiger partial charge on any atom is -0.491 e. The van der Waals surface area contributed by atoms with Crippen LogP contribution in [0.4, 0.5) is 0 Å². The molecule has 7 heteroatoms. The number of ether oxygens (including phenoxy) is 1. The molecule has 0 radical (unpaired) electrons. The second-order valence-electron chi connectivity index (χ2n) is 8.13. The molecule has 2 heterocycles. The molecule has 6 nitrogen and oxygen atoms in total. The number of carbonyl (C=O) groups is 1. The summed E-state index contributed by atoms with van der Waals surface area (Å²) in [6, 6.07) is 17.3. The van der Waals surface area contributed by atoms with Gasteiger partial charge in [-0.25, -0.2) is 4.98 Å². The molecule has 4 rings (SSSR count). The van der Waals surface area contributed by atoms with Crippen LogP contribution in [-0.2, 0) is 6.54 Å². The smallest absolute Gasteiger partial charge is 0.159 e. The maximum atomic E-state index is 11.3. The topological polar surface area (TPSA) is 65.9 Å². The Bertz CT molecular complexity index is 999. The molecule has 0 unspecified atom stereocenters. The Hall–Kier alpha value is -2.58. The van der Waals surface area contributed by atoms with E-state index >= 15 is 0 Å². The minimum absolute atomic E-state index is 0.0298. The summed E-state index contributed by atoms with van der Waals surface area (Å²) in [5, 5.41) is 13.6. The average molecular weight is 452 g/mol. The van der Waals surface area contributed by atoms with Gasteiger partial charge in [-0.1, -0.05) is 30.3 Å². The first-order chi connectivity index (χ1) is 15.6. The molecule has 1 aliphatic heterocycles. The molecule has 1 aromatic heterocycles. The Balaban J connectivity index is 1.18. The molecular formula is C25H29N3O3S. The number of nitrogens with zero attached hydrogens (tertiary/aromatic N) is 3. The fourth-order valence-corrected chi connectivity index (χ4v) is 4.60. The van der Waals surface area contributed by atoms with E-state index in [-0.39, 0.29) is 12.4 Å². The average Bonchev–Trinajstić information content (AvgIpc) is 3.28. The van der Waals surface area contributed by atoms with Gasteiger partial charge >= 0.3 is 0 Å². The first-order valence-corrected chi connectivity index (χ1v) is 11.8. The number of β-amino-alcohol motifs (C(OH)–C–C–N with tert-alkyl or cyclic N) is 1. The number of rotatable bonds is 9. The monoisotopic (exact) mass is 451 g/mol. The molecule has 1 fully saturated rings. The summed E-state index contributed by atoms with van der Waals surface area (Å²) in [6.45, 7) is 6.98. The largest absolute Gasteiger partial charge is 0.491 e. The lowest BCUT2D eigenvalue weighted by Crippen LogP contribution is -2.48. The van der Waals surface area contributed by atoms with E-state index in [4.69, 9.17) is 9.72 Å². The van der Waals surface area contributed by atoms with Gasteiger partial charge in [-0.3, -0.25) is 14.6 Å². The standard InChI is InChI=1S/C25H29N3O3S/c1-19(29)20-7-9-24(10-8-20)31-17-23(30)16-28-13-11-27(12-14-28)15-22-18-32-25(26-22)21-5-3-2-4-6-21/h2-10,18,23,30H,11-17H2,1H3/t23-/m1/s1. The maximum absolute atomic E-state index is 11.3. The Morgan fingerprint density at radius 1 is 1.06 bits per heavy atom. The van der Waals surface area contributed by atoms with Crippen molar-refractivity contribution in [1.82, 2.24) is 14.8 Å². The van der Waals surface area contributed by atoms with E-state index in [1.165, 1.54) is 12.5 Å². The van der Waals surface area contributed by atoms with Crippen LogP contribution in [-0.4, -0.2) is 71.1 Å². The second kappa shape index (κ2) is 10.8. The van der Waals surface area contributed by atoms with E-state index in [1.54, 1.807) is 35.6 Å². The number of hydrogen-bond donors (Lipinski definition) is 1. The van der Waals surface area contributed by atoms with Crippen molar-refractivity contribution >= 4 is 17.1 Å². The molecule has 2 aromatic carbocycles. The van der Waals surface area contributed by atoms with Crippen molar-refractivity contribution in [2.24, 2.45) is 0 Å². The number of aliphatic hydroxyl groups is 1. The number of benzene rings is 2. The van der Waals surface area contributed by atoms with Gasteiger partial charge in [0.15, 0.2) is 5.78 Å². The molecule has 0 spiro atoms. The number of Topliss-reactive ketones (excluding diaryl/α,β-unsaturated/α-hetero) is 1. The van der Waals surface area contributed by atoms with Gasteiger partial charge in [0.05, 0.1) is 5.69 Å². The van der Waals surface area contributed by atoms with Gasteiger partial charge in [-0.2, -0.15) is 0 Å². The van der Waals surface area contributed by atoms with Gasteiger partial charge in [0.25, 0.3) is 0 Å². The fourth-order valence-electron chi connectivity index (χ4n) is 3.78. The summed E-state index contributed by atoms with van der Waals surface area (Å²) in [7, 11) is 0. The third-order valence-corrected chi connectivity index (χ3v) is 6.54. The van der Waals surface area contributed by atoms with E-state index in [2.05, 4.69) is 27.3 Å². The summed E-state index contributed by atoms with van der Waals surface area (Å²) in [4.78, 5) is 20.8. The van der Waals surface area contributed by atoms with Crippen molar-refractivity contribution in [3.8, 4) is 16.3 Å². The first kappa shape index (κ1) is 22.6. The predicted molar refractivity (Wildman–Crippen MR) is 127 cm³/mol. The van der Waals surface area contributed by atoms with Gasteiger partial charge in [0, 0.05) is 55.8 Å². The third-order valence-electron chi connectivity index (χ3n) is 5.60. The van der Waals surface area contributed by atoms with Crippen molar-refractivity contribution in [1.29, 1.82) is 0 Å². The lowest BCUT2D eigenvalue weighted by atomic mass is 10.1. The zero-order valence-electron chi connectivity index (χ0n) is 18.3. The van der Waals surface area contributed by atoms with Crippen LogP contribution in [0.15, 0.2) is 60.0 Å². The van der Waals surface area contributed by atoms with Crippen molar-refractivity contribution in [2.75, 3.05) is 39.3 Å². The number of hydrogen-bond acceptors (Lipinski definition) is 7. The van der Waals surface area contributed by atoms with Crippen LogP contribution in [0, 0.1) is 0 Å². The van der Waals surface area contributed by atoms with Crippen LogP contribution in [0.2, 0.25) is 0 Å². The highest BCUT2D eigenvalue weighted by molar-refractivity contribution is 7.13. The third kappa shape index (κ3) is 6.23. The lowest BCUT2D eigenvalue weighted by molar-refractivity contribution is 0.0444. The quantitative estimate of drug-likeness (QED) is 0.502. The van der Waals surface area contributed by atoms with Gasteiger partial charge in [0.2, 0.25) is 0 Å². The van der Waals surface area contributed by atoms with Crippen LogP contribution in [0.5, 0.6) is 5.75 Å². The van der Waals surface area contributed by atoms with Gasteiger partial charge in [-0.15, -0.1) is 11.3 Å². The second-order valence-corrected chi connectivity index (χ2v) is 8.99. The summed E-state index contributed by atoms with van der Waals surface area (Å²) in [6.07, 6.45) is -0.555. The number of piperazine rings is 1. The van der Waals surface area contributed by atoms with Crippen molar-refractivity contribution in [2.45, 2.75) is 19.6 Å². The predicted octanol–water partition coefficient (Wildman–Crippen LogP) is 3.57. The number of aliphatic hydroxyl groups excluding tert-OH is 1. The Morgan fingerprint density at radius 2 is 1.75 bits per heavy atom. The summed E-state index contributed by atoms with van der Waals surface area (Å²) in [5.41, 5.74) is 2.94. The summed E-state index contributed by atoms with van der Waals surface area (Å²) < 4.78 is 5.68. The van der Waals surface area contributed by atoms with Crippen molar-refractivity contribution in [3.63, 3.8) is 0 Å². The van der Waals surface area contributed by atoms with Gasteiger partial charge in [-0.05, 0) is 31.2 Å². The molecule has 0 saturated carbocycles. The maximum Gasteiger partial charge on any atom is 0.159 e. The van der Waals surface area contributed by atoms with Crippen LogP contribution in [0.1, 0.15) is 23.0 Å². The van der Waals surface area contributed by atoms with Gasteiger partial charge < -0.3 is 9.84 Å². The number of aromatic nitrogens is 1. The lowest BCUT2D eigenvalue weighted by Gasteiger charge is -2.35. The van der Waals surface area contributed by atoms with Crippen LogP contribution >= 0.6 is 11.3 Å². The highest BCUT2D eigenvalue weighted by Crippen LogP contribution is 2.24. The number of ketones is 1. The molecule has 1 N–H and O–H groups in total. The Morgan fingerprint density at radius 3 is 2.44 bits per heavy atom. The summed E-state index contributed by atoms with van der Waals surface area (Å²) in [5.74, 6) is 0.694. The molecule has 1 aliphatic rings. The summed E-state index contributed by atoms with van der Waals surface area (Å²) >= 11 is 1.69. The molecule has 3 aromatic rings.